The van der Waals surface area contributed by atoms with E-state index in [0.29, 0.717) is 5.54 Å². The second kappa shape index (κ2) is 5.01. The van der Waals surface area contributed by atoms with Gasteiger partial charge in [-0.15, -0.1) is 0 Å². The largest absolute Gasteiger partial charge is 1.00 e. The maximum atomic E-state index is 2.65. The summed E-state index contributed by atoms with van der Waals surface area (Å²) in [6.07, 6.45) is 22.0. The summed E-state index contributed by atoms with van der Waals surface area (Å²) in [5.41, 5.74) is 0.513. The lowest BCUT2D eigenvalue weighted by Crippen LogP contribution is -3.00. The predicted molar refractivity (Wildman–Crippen MR) is 78.3 cm³/mol. The molecule has 0 aliphatic heterocycles. The normalized spacial score (nSPS) is 41.4. The van der Waals surface area contributed by atoms with Gasteiger partial charge in [-0.1, -0.05) is 0 Å². The van der Waals surface area contributed by atoms with E-state index in [-0.39, 0.29) is 12.4 Å². The molecule has 5 saturated carbocycles. The van der Waals surface area contributed by atoms with Crippen LogP contribution < -0.4 is 17.0 Å². The number of imidazole rings is 1. The Bertz CT molecular complexity index is 480. The van der Waals surface area contributed by atoms with Gasteiger partial charge >= 0.3 is 0 Å². The van der Waals surface area contributed by atoms with Crippen LogP contribution in [0.1, 0.15) is 70.3 Å². The van der Waals surface area contributed by atoms with Crippen LogP contribution in [0.2, 0.25) is 0 Å². The monoisotopic (exact) mass is 306 g/mol. The van der Waals surface area contributed by atoms with Gasteiger partial charge in [0.15, 0.2) is 0 Å². The Hall–Kier alpha value is -0.500. The molecule has 21 heavy (non-hydrogen) atoms. The Balaban J connectivity index is 0.00000115. The fraction of sp³-hybridized carbons (Fsp3) is 0.833. The first kappa shape index (κ1) is 14.1. The molecular weight excluding hydrogens is 280 g/mol. The van der Waals surface area contributed by atoms with Crippen molar-refractivity contribution in [3.63, 3.8) is 0 Å². The van der Waals surface area contributed by atoms with Gasteiger partial charge in [0.05, 0.1) is 0 Å². The van der Waals surface area contributed by atoms with Crippen LogP contribution in [0, 0.1) is 17.8 Å². The third-order valence-electron chi connectivity index (χ3n) is 6.96. The average Bonchev–Trinajstić information content (AvgIpc) is 3.09. The van der Waals surface area contributed by atoms with E-state index in [2.05, 4.69) is 27.9 Å². The third-order valence-corrected chi connectivity index (χ3v) is 6.96. The summed E-state index contributed by atoms with van der Waals surface area (Å²) in [7, 11) is 0. The van der Waals surface area contributed by atoms with Crippen molar-refractivity contribution in [2.75, 3.05) is 0 Å². The Morgan fingerprint density at radius 1 is 0.905 bits per heavy atom. The van der Waals surface area contributed by atoms with E-state index in [9.17, 15) is 0 Å². The quantitative estimate of drug-likeness (QED) is 0.716. The highest BCUT2D eigenvalue weighted by molar-refractivity contribution is 5.05. The summed E-state index contributed by atoms with van der Waals surface area (Å²) in [5.74, 6) is 3.13. The highest BCUT2D eigenvalue weighted by atomic mass is 35.5. The molecule has 5 fully saturated rings. The standard InChI is InChI=1S/C18H27N2.ClH/c1-2-4-17(3-1)19-5-6-20(13-19)18-10-14-7-15(11-18)9-16(8-14)12-18;/h5-6,13-17H,1-4,7-12H2;1H/q+1;/p-1. The van der Waals surface area contributed by atoms with Crippen molar-refractivity contribution in [2.45, 2.75) is 75.8 Å². The SMILES string of the molecule is [Cl-].c1c[n+](C2CCCC2)cn1C12CC3CC(CC(C3)C1)C2. The maximum Gasteiger partial charge on any atom is 0.244 e. The molecule has 0 unspecified atom stereocenters. The molecule has 0 aromatic carbocycles. The summed E-state index contributed by atoms with van der Waals surface area (Å²) in [4.78, 5) is 0. The topological polar surface area (TPSA) is 8.81 Å². The minimum Gasteiger partial charge on any atom is -1.00 e. The smallest absolute Gasteiger partial charge is 0.244 e. The Morgan fingerprint density at radius 2 is 1.48 bits per heavy atom. The van der Waals surface area contributed by atoms with Crippen LogP contribution in [-0.4, -0.2) is 4.57 Å². The molecule has 0 spiro atoms. The molecule has 5 aliphatic carbocycles. The minimum absolute atomic E-state index is 0. The molecule has 1 aromatic heterocycles. The van der Waals surface area contributed by atoms with Gasteiger partial charge in [-0.05, 0) is 82.0 Å². The van der Waals surface area contributed by atoms with Crippen molar-refractivity contribution in [2.24, 2.45) is 17.8 Å². The van der Waals surface area contributed by atoms with E-state index in [1.807, 2.05) is 0 Å². The molecule has 0 saturated heterocycles. The van der Waals surface area contributed by atoms with Crippen LogP contribution in [0.15, 0.2) is 18.7 Å². The van der Waals surface area contributed by atoms with Crippen molar-refractivity contribution < 1.29 is 17.0 Å². The molecule has 2 nitrogen and oxygen atoms in total. The molecule has 1 heterocycles. The molecule has 3 heteroatoms. The molecule has 0 atom stereocenters. The first-order chi connectivity index (χ1) is 9.81. The van der Waals surface area contributed by atoms with E-state index in [1.54, 1.807) is 19.3 Å². The molecular formula is C18H27ClN2. The third kappa shape index (κ3) is 2.17. The summed E-state index contributed by atoms with van der Waals surface area (Å²) < 4.78 is 5.18. The molecule has 5 aliphatic rings. The van der Waals surface area contributed by atoms with E-state index < -0.39 is 0 Å². The van der Waals surface area contributed by atoms with Gasteiger partial charge in [-0.3, -0.25) is 0 Å². The summed E-state index contributed by atoms with van der Waals surface area (Å²) in [5, 5.41) is 0. The molecule has 1 aromatic rings. The Labute approximate surface area is 134 Å². The Kier molecular flexibility index (Phi) is 3.37. The van der Waals surface area contributed by atoms with Gasteiger partial charge in [-0.2, -0.15) is 0 Å². The molecule has 0 radical (unpaired) electrons. The number of rotatable bonds is 2. The average molecular weight is 307 g/mol. The zero-order valence-electron chi connectivity index (χ0n) is 12.9. The Morgan fingerprint density at radius 3 is 2.05 bits per heavy atom. The fourth-order valence-electron chi connectivity index (χ4n) is 6.45. The zero-order chi connectivity index (χ0) is 13.2. The van der Waals surface area contributed by atoms with E-state index >= 15 is 0 Å². The van der Waals surface area contributed by atoms with Gasteiger partial charge < -0.3 is 12.4 Å². The van der Waals surface area contributed by atoms with Crippen molar-refractivity contribution >= 4 is 0 Å². The second-order valence-corrected chi connectivity index (χ2v) is 8.35. The summed E-state index contributed by atoms with van der Waals surface area (Å²) in [6, 6.07) is 0.796. The molecule has 0 N–H and O–H groups in total. The number of halogens is 1. The summed E-state index contributed by atoms with van der Waals surface area (Å²) in [6.45, 7) is 0. The van der Waals surface area contributed by atoms with Crippen LogP contribution in [-0.2, 0) is 5.54 Å². The van der Waals surface area contributed by atoms with Gasteiger partial charge in [0.25, 0.3) is 0 Å². The number of aromatic nitrogens is 2. The van der Waals surface area contributed by atoms with Crippen LogP contribution in [0.3, 0.4) is 0 Å². The van der Waals surface area contributed by atoms with Crippen LogP contribution in [0.25, 0.3) is 0 Å². The van der Waals surface area contributed by atoms with Crippen molar-refractivity contribution in [1.29, 1.82) is 0 Å². The molecule has 6 rings (SSSR count). The molecule has 4 bridgehead atoms. The lowest BCUT2D eigenvalue weighted by Gasteiger charge is -2.54. The van der Waals surface area contributed by atoms with E-state index in [1.165, 1.54) is 44.9 Å². The zero-order valence-corrected chi connectivity index (χ0v) is 13.6. The van der Waals surface area contributed by atoms with Crippen molar-refractivity contribution in [1.82, 2.24) is 4.57 Å². The van der Waals surface area contributed by atoms with Crippen molar-refractivity contribution in [3.05, 3.63) is 18.7 Å². The van der Waals surface area contributed by atoms with E-state index in [4.69, 9.17) is 0 Å². The van der Waals surface area contributed by atoms with Gasteiger partial charge in [0, 0.05) is 0 Å². The van der Waals surface area contributed by atoms with Crippen molar-refractivity contribution in [3.8, 4) is 0 Å². The lowest BCUT2D eigenvalue weighted by molar-refractivity contribution is -0.721. The van der Waals surface area contributed by atoms with Gasteiger partial charge in [0.1, 0.15) is 24.0 Å². The van der Waals surface area contributed by atoms with Crippen LogP contribution in [0.5, 0.6) is 0 Å². The molecule has 0 amide bonds. The first-order valence-corrected chi connectivity index (χ1v) is 8.90. The number of hydrogen-bond donors (Lipinski definition) is 0. The van der Waals surface area contributed by atoms with Crippen LogP contribution in [0.4, 0.5) is 0 Å². The maximum absolute atomic E-state index is 2.65. The number of nitrogens with zero attached hydrogens (tertiary/aromatic N) is 2. The van der Waals surface area contributed by atoms with E-state index in [0.717, 1.165) is 23.8 Å². The second-order valence-electron chi connectivity index (χ2n) is 8.35. The number of hydrogen-bond acceptors (Lipinski definition) is 0. The van der Waals surface area contributed by atoms with Crippen LogP contribution >= 0.6 is 0 Å². The highest BCUT2D eigenvalue weighted by Crippen LogP contribution is 2.58. The van der Waals surface area contributed by atoms with Gasteiger partial charge in [-0.25, -0.2) is 9.13 Å². The minimum atomic E-state index is 0. The fourth-order valence-corrected chi connectivity index (χ4v) is 6.45. The lowest BCUT2D eigenvalue weighted by atomic mass is 9.53. The predicted octanol–water partition coefficient (Wildman–Crippen LogP) is 0.820. The molecule has 116 valence electrons. The summed E-state index contributed by atoms with van der Waals surface area (Å²) >= 11 is 0. The highest BCUT2D eigenvalue weighted by Gasteiger charge is 2.54. The first-order valence-electron chi connectivity index (χ1n) is 8.90. The van der Waals surface area contributed by atoms with Gasteiger partial charge in [0.2, 0.25) is 6.33 Å².